The molecule has 0 atom stereocenters. The van der Waals surface area contributed by atoms with Crippen molar-refractivity contribution in [1.82, 2.24) is 15.1 Å². The van der Waals surface area contributed by atoms with Gasteiger partial charge in [-0.15, -0.1) is 0 Å². The second-order valence-electron chi connectivity index (χ2n) is 4.09. The van der Waals surface area contributed by atoms with E-state index in [1.807, 2.05) is 6.07 Å². The van der Waals surface area contributed by atoms with Gasteiger partial charge in [-0.3, -0.25) is 0 Å². The van der Waals surface area contributed by atoms with E-state index < -0.39 is 5.82 Å². The lowest BCUT2D eigenvalue weighted by Crippen LogP contribution is -1.86. The molecule has 2 aromatic heterocycles. The highest BCUT2D eigenvalue weighted by molar-refractivity contribution is 6.33. The predicted molar refractivity (Wildman–Crippen MR) is 72.6 cm³/mol. The van der Waals surface area contributed by atoms with Crippen LogP contribution in [0.2, 0.25) is 5.02 Å². The summed E-state index contributed by atoms with van der Waals surface area (Å²) in [6.07, 6.45) is 1.47. The molecule has 2 heterocycles. The number of rotatable bonds is 2. The van der Waals surface area contributed by atoms with E-state index in [1.165, 1.54) is 30.5 Å². The van der Waals surface area contributed by atoms with E-state index in [0.29, 0.717) is 11.1 Å². The zero-order valence-corrected chi connectivity index (χ0v) is 11.2. The van der Waals surface area contributed by atoms with E-state index in [0.717, 1.165) is 0 Å². The van der Waals surface area contributed by atoms with Crippen LogP contribution in [0.15, 0.2) is 41.1 Å². The molecular weight excluding hydrogens is 295 g/mol. The van der Waals surface area contributed by atoms with Crippen LogP contribution in [-0.2, 0) is 0 Å². The maximum atomic E-state index is 13.0. The maximum Gasteiger partial charge on any atom is 0.258 e. The summed E-state index contributed by atoms with van der Waals surface area (Å²) in [4.78, 5) is 8.05. The minimum Gasteiger partial charge on any atom is -0.334 e. The number of hydrogen-bond acceptors (Lipinski definition) is 5. The number of pyridine rings is 1. The lowest BCUT2D eigenvalue weighted by molar-refractivity contribution is 0.432. The number of hydrogen-bond donors (Lipinski definition) is 0. The largest absolute Gasteiger partial charge is 0.334 e. The molecule has 0 unspecified atom stereocenters. The second kappa shape index (κ2) is 5.31. The van der Waals surface area contributed by atoms with Crippen LogP contribution in [0.25, 0.3) is 22.8 Å². The van der Waals surface area contributed by atoms with Crippen molar-refractivity contribution in [2.45, 2.75) is 0 Å². The quantitative estimate of drug-likeness (QED) is 0.724. The standard InChI is InChI=1S/C14H6ClFN4O/c15-12-6-9(16)1-2-11(12)13-19-14(21-20-13)8-3-4-18-10(5-8)7-17/h1-6H. The smallest absolute Gasteiger partial charge is 0.258 e. The van der Waals surface area contributed by atoms with E-state index in [9.17, 15) is 4.39 Å². The Kier molecular flexibility index (Phi) is 3.34. The van der Waals surface area contributed by atoms with Crippen LogP contribution >= 0.6 is 11.6 Å². The molecule has 0 saturated heterocycles. The first-order chi connectivity index (χ1) is 10.2. The fourth-order valence-electron chi connectivity index (χ4n) is 1.75. The van der Waals surface area contributed by atoms with Crippen LogP contribution in [0.4, 0.5) is 4.39 Å². The van der Waals surface area contributed by atoms with Crippen molar-refractivity contribution in [2.75, 3.05) is 0 Å². The summed E-state index contributed by atoms with van der Waals surface area (Å²) < 4.78 is 18.2. The Balaban J connectivity index is 2.02. The van der Waals surface area contributed by atoms with Gasteiger partial charge in [0.05, 0.1) is 5.02 Å². The van der Waals surface area contributed by atoms with E-state index in [4.69, 9.17) is 21.4 Å². The van der Waals surface area contributed by atoms with E-state index >= 15 is 0 Å². The van der Waals surface area contributed by atoms with Gasteiger partial charge in [-0.25, -0.2) is 9.37 Å². The molecule has 0 fully saturated rings. The van der Waals surface area contributed by atoms with Gasteiger partial charge in [-0.1, -0.05) is 16.8 Å². The van der Waals surface area contributed by atoms with Crippen LogP contribution < -0.4 is 0 Å². The Morgan fingerprint density at radius 1 is 1.24 bits per heavy atom. The topological polar surface area (TPSA) is 75.6 Å². The minimum atomic E-state index is -0.444. The van der Waals surface area contributed by atoms with Gasteiger partial charge in [-0.2, -0.15) is 10.2 Å². The molecule has 0 aliphatic carbocycles. The number of nitrogens with zero attached hydrogens (tertiary/aromatic N) is 4. The summed E-state index contributed by atoms with van der Waals surface area (Å²) in [6.45, 7) is 0. The van der Waals surface area contributed by atoms with Gasteiger partial charge in [-0.05, 0) is 30.3 Å². The summed E-state index contributed by atoms with van der Waals surface area (Å²) in [6, 6.07) is 9.01. The van der Waals surface area contributed by atoms with Crippen molar-refractivity contribution in [1.29, 1.82) is 5.26 Å². The number of nitriles is 1. The molecule has 0 spiro atoms. The third-order valence-corrected chi connectivity index (χ3v) is 3.03. The zero-order chi connectivity index (χ0) is 14.8. The Bertz CT molecular complexity index is 856. The van der Waals surface area contributed by atoms with E-state index in [-0.39, 0.29) is 22.4 Å². The van der Waals surface area contributed by atoms with Crippen molar-refractivity contribution in [3.05, 3.63) is 53.1 Å². The van der Waals surface area contributed by atoms with E-state index in [2.05, 4.69) is 15.1 Å². The summed E-state index contributed by atoms with van der Waals surface area (Å²) in [5.74, 6) is 0.0230. The zero-order valence-electron chi connectivity index (χ0n) is 10.4. The van der Waals surface area contributed by atoms with Gasteiger partial charge < -0.3 is 4.52 Å². The third kappa shape index (κ3) is 2.59. The highest BCUT2D eigenvalue weighted by Crippen LogP contribution is 2.28. The van der Waals surface area contributed by atoms with E-state index in [1.54, 1.807) is 6.07 Å². The second-order valence-corrected chi connectivity index (χ2v) is 4.50. The number of aromatic nitrogens is 3. The van der Waals surface area contributed by atoms with Crippen LogP contribution in [0, 0.1) is 17.1 Å². The monoisotopic (exact) mass is 300 g/mol. The molecule has 3 rings (SSSR count). The first kappa shape index (κ1) is 13.2. The summed E-state index contributed by atoms with van der Waals surface area (Å²) >= 11 is 5.95. The van der Waals surface area contributed by atoms with Crippen molar-refractivity contribution in [3.63, 3.8) is 0 Å². The van der Waals surface area contributed by atoms with Gasteiger partial charge in [0.25, 0.3) is 5.89 Å². The first-order valence-corrected chi connectivity index (χ1v) is 6.21. The lowest BCUT2D eigenvalue weighted by Gasteiger charge is -1.97. The molecule has 102 valence electrons. The molecule has 3 aromatic rings. The molecule has 21 heavy (non-hydrogen) atoms. The molecule has 0 aliphatic rings. The molecule has 0 N–H and O–H groups in total. The average Bonchev–Trinajstić information content (AvgIpc) is 2.97. The van der Waals surface area contributed by atoms with Gasteiger partial charge in [0.1, 0.15) is 17.6 Å². The highest BCUT2D eigenvalue weighted by Gasteiger charge is 2.14. The Morgan fingerprint density at radius 3 is 2.86 bits per heavy atom. The molecule has 5 nitrogen and oxygen atoms in total. The van der Waals surface area contributed by atoms with Gasteiger partial charge in [0.2, 0.25) is 5.82 Å². The molecule has 0 aliphatic heterocycles. The van der Waals surface area contributed by atoms with Crippen LogP contribution in [0.5, 0.6) is 0 Å². The molecule has 0 saturated carbocycles. The SMILES string of the molecule is N#Cc1cc(-c2nc(-c3ccc(F)cc3Cl)no2)ccn1. The lowest BCUT2D eigenvalue weighted by atomic mass is 10.2. The molecule has 1 aromatic carbocycles. The van der Waals surface area contributed by atoms with Crippen molar-refractivity contribution >= 4 is 11.6 Å². The molecule has 0 bridgehead atoms. The van der Waals surface area contributed by atoms with Crippen molar-refractivity contribution in [3.8, 4) is 28.9 Å². The molecular formula is C14H6ClFN4O. The third-order valence-electron chi connectivity index (χ3n) is 2.72. The average molecular weight is 301 g/mol. The normalized spacial score (nSPS) is 10.3. The summed E-state index contributed by atoms with van der Waals surface area (Å²) in [7, 11) is 0. The number of benzene rings is 1. The Morgan fingerprint density at radius 2 is 2.10 bits per heavy atom. The van der Waals surface area contributed by atoms with Gasteiger partial charge in [0.15, 0.2) is 0 Å². The van der Waals surface area contributed by atoms with Gasteiger partial charge >= 0.3 is 0 Å². The fourth-order valence-corrected chi connectivity index (χ4v) is 2.00. The van der Waals surface area contributed by atoms with Crippen LogP contribution in [0.1, 0.15) is 5.69 Å². The van der Waals surface area contributed by atoms with Crippen molar-refractivity contribution < 1.29 is 8.91 Å². The molecule has 0 radical (unpaired) electrons. The van der Waals surface area contributed by atoms with Gasteiger partial charge in [0, 0.05) is 17.3 Å². The highest BCUT2D eigenvalue weighted by atomic mass is 35.5. The molecule has 0 amide bonds. The van der Waals surface area contributed by atoms with Crippen LogP contribution in [-0.4, -0.2) is 15.1 Å². The minimum absolute atomic E-state index is 0.190. The Hall–Kier alpha value is -2.78. The Labute approximate surface area is 123 Å². The summed E-state index contributed by atoms with van der Waals surface area (Å²) in [5, 5.41) is 12.8. The maximum absolute atomic E-state index is 13.0. The van der Waals surface area contributed by atoms with Crippen LogP contribution in [0.3, 0.4) is 0 Å². The fraction of sp³-hybridized carbons (Fsp3) is 0. The number of halogens is 2. The predicted octanol–water partition coefficient (Wildman–Crippen LogP) is 3.46. The first-order valence-electron chi connectivity index (χ1n) is 5.83. The van der Waals surface area contributed by atoms with Crippen molar-refractivity contribution in [2.24, 2.45) is 0 Å². The summed E-state index contributed by atoms with van der Waals surface area (Å²) in [5.41, 5.74) is 1.27. The molecule has 7 heteroatoms.